The second kappa shape index (κ2) is 7.27. The minimum absolute atomic E-state index is 0.0212. The topological polar surface area (TPSA) is 107 Å². The minimum atomic E-state index is -4.07. The fraction of sp³-hybridized carbons (Fsp3) is 0.533. The van der Waals surface area contributed by atoms with Crippen molar-refractivity contribution in [1.29, 1.82) is 0 Å². The van der Waals surface area contributed by atoms with Gasteiger partial charge in [0, 0.05) is 19.2 Å². The molecule has 1 unspecified atom stereocenters. The lowest BCUT2D eigenvalue weighted by atomic mass is 10.0. The summed E-state index contributed by atoms with van der Waals surface area (Å²) in [5.74, 6) is -0.978. The van der Waals surface area contributed by atoms with E-state index in [2.05, 4.69) is 0 Å². The van der Waals surface area contributed by atoms with Crippen LogP contribution in [0.2, 0.25) is 0 Å². The number of benzene rings is 1. The number of nitro groups is 1. The zero-order valence-electron chi connectivity index (χ0n) is 13.6. The molecular formula is C15H20N2O6S. The van der Waals surface area contributed by atoms with Gasteiger partial charge in [-0.3, -0.25) is 14.9 Å². The van der Waals surface area contributed by atoms with Crippen molar-refractivity contribution in [2.45, 2.75) is 31.6 Å². The molecule has 0 aromatic heterocycles. The first-order valence-corrected chi connectivity index (χ1v) is 9.13. The maximum atomic E-state index is 12.9. The second-order valence-corrected chi connectivity index (χ2v) is 7.51. The van der Waals surface area contributed by atoms with E-state index in [0.717, 1.165) is 4.31 Å². The first kappa shape index (κ1) is 18.3. The molecular weight excluding hydrogens is 336 g/mol. The summed E-state index contributed by atoms with van der Waals surface area (Å²) in [7, 11) is -4.07. The summed E-state index contributed by atoms with van der Waals surface area (Å²) in [6, 6.07) is 4.14. The molecule has 132 valence electrons. The molecule has 0 spiro atoms. The normalized spacial score (nSPS) is 19.0. The second-order valence-electron chi connectivity index (χ2n) is 5.63. The lowest BCUT2D eigenvalue weighted by Crippen LogP contribution is -2.43. The molecule has 24 heavy (non-hydrogen) atoms. The minimum Gasteiger partial charge on any atom is -0.466 e. The lowest BCUT2D eigenvalue weighted by Gasteiger charge is -2.30. The predicted octanol–water partition coefficient (Wildman–Crippen LogP) is 1.87. The monoisotopic (exact) mass is 356 g/mol. The average molecular weight is 356 g/mol. The number of hydrogen-bond acceptors (Lipinski definition) is 6. The van der Waals surface area contributed by atoms with Gasteiger partial charge in [0.1, 0.15) is 0 Å². The molecule has 0 aliphatic carbocycles. The first-order chi connectivity index (χ1) is 11.3. The Morgan fingerprint density at radius 3 is 2.79 bits per heavy atom. The van der Waals surface area contributed by atoms with Crippen molar-refractivity contribution >= 4 is 21.7 Å². The Kier molecular flexibility index (Phi) is 5.55. The van der Waals surface area contributed by atoms with E-state index in [0.29, 0.717) is 18.4 Å². The van der Waals surface area contributed by atoms with Crippen molar-refractivity contribution < 1.29 is 22.9 Å². The van der Waals surface area contributed by atoms with E-state index in [1.165, 1.54) is 25.1 Å². The van der Waals surface area contributed by atoms with Crippen LogP contribution in [0.4, 0.5) is 5.69 Å². The fourth-order valence-electron chi connectivity index (χ4n) is 2.86. The first-order valence-electron chi connectivity index (χ1n) is 7.69. The van der Waals surface area contributed by atoms with Crippen molar-refractivity contribution in [3.63, 3.8) is 0 Å². The molecule has 1 atom stereocenters. The maximum absolute atomic E-state index is 12.9. The summed E-state index contributed by atoms with van der Waals surface area (Å²) < 4.78 is 32.0. The van der Waals surface area contributed by atoms with E-state index >= 15 is 0 Å². The Morgan fingerprint density at radius 1 is 1.46 bits per heavy atom. The molecule has 1 aliphatic rings. The van der Waals surface area contributed by atoms with Gasteiger partial charge in [-0.25, -0.2) is 8.42 Å². The highest BCUT2D eigenvalue weighted by Gasteiger charge is 2.38. The van der Waals surface area contributed by atoms with E-state index in [-0.39, 0.29) is 24.6 Å². The molecule has 1 aromatic carbocycles. The summed E-state index contributed by atoms with van der Waals surface area (Å²) in [6.07, 6.45) is 1.04. The van der Waals surface area contributed by atoms with Crippen LogP contribution in [0.5, 0.6) is 0 Å². The van der Waals surface area contributed by atoms with Crippen LogP contribution in [0.3, 0.4) is 0 Å². The van der Waals surface area contributed by atoms with Crippen LogP contribution in [0.25, 0.3) is 0 Å². The number of nitrogens with zero attached hydrogens (tertiary/aromatic N) is 2. The smallest absolute Gasteiger partial charge is 0.310 e. The summed E-state index contributed by atoms with van der Waals surface area (Å²) >= 11 is 0. The quantitative estimate of drug-likeness (QED) is 0.453. The highest BCUT2D eigenvalue weighted by Crippen LogP contribution is 2.32. The SMILES string of the molecule is CCOC(=O)C1CCCN(S(=O)(=O)c2c(C)cccc2[N+](=O)[O-])C1. The van der Waals surface area contributed by atoms with Crippen LogP contribution in [0.1, 0.15) is 25.3 Å². The predicted molar refractivity (Wildman–Crippen MR) is 85.9 cm³/mol. The van der Waals surface area contributed by atoms with Crippen molar-refractivity contribution in [3.05, 3.63) is 33.9 Å². The van der Waals surface area contributed by atoms with E-state index < -0.39 is 32.5 Å². The van der Waals surface area contributed by atoms with Crippen LogP contribution < -0.4 is 0 Å². The zero-order chi connectivity index (χ0) is 17.9. The van der Waals surface area contributed by atoms with Crippen molar-refractivity contribution in [1.82, 2.24) is 4.31 Å². The summed E-state index contributed by atoms with van der Waals surface area (Å²) in [5, 5.41) is 11.2. The summed E-state index contributed by atoms with van der Waals surface area (Å²) in [4.78, 5) is 22.1. The van der Waals surface area contributed by atoms with Crippen LogP contribution in [-0.4, -0.2) is 43.3 Å². The van der Waals surface area contributed by atoms with Gasteiger partial charge in [-0.05, 0) is 32.3 Å². The molecule has 8 nitrogen and oxygen atoms in total. The molecule has 1 aliphatic heterocycles. The molecule has 2 rings (SSSR count). The molecule has 9 heteroatoms. The van der Waals surface area contributed by atoms with E-state index in [9.17, 15) is 23.3 Å². The Labute approximate surface area is 140 Å². The lowest BCUT2D eigenvalue weighted by molar-refractivity contribution is -0.387. The number of sulfonamides is 1. The number of piperidine rings is 1. The molecule has 0 bridgehead atoms. The molecule has 0 saturated carbocycles. The number of aryl methyl sites for hydroxylation is 1. The highest BCUT2D eigenvalue weighted by molar-refractivity contribution is 7.89. The Balaban J connectivity index is 2.37. The van der Waals surface area contributed by atoms with Crippen LogP contribution in [0, 0.1) is 23.0 Å². The molecule has 1 heterocycles. The van der Waals surface area contributed by atoms with Gasteiger partial charge in [0.05, 0.1) is 17.4 Å². The van der Waals surface area contributed by atoms with E-state index in [4.69, 9.17) is 4.74 Å². The molecule has 0 amide bonds. The molecule has 0 N–H and O–H groups in total. The zero-order valence-corrected chi connectivity index (χ0v) is 14.4. The largest absolute Gasteiger partial charge is 0.466 e. The number of carbonyl (C=O) groups is 1. The van der Waals surface area contributed by atoms with Gasteiger partial charge in [-0.2, -0.15) is 4.31 Å². The third-order valence-corrected chi connectivity index (χ3v) is 6.05. The van der Waals surface area contributed by atoms with Crippen LogP contribution >= 0.6 is 0 Å². The number of carbonyl (C=O) groups excluding carboxylic acids is 1. The fourth-order valence-corrected chi connectivity index (χ4v) is 4.74. The third kappa shape index (κ3) is 3.57. The third-order valence-electron chi connectivity index (χ3n) is 3.99. The number of ether oxygens (including phenoxy) is 1. The maximum Gasteiger partial charge on any atom is 0.310 e. The summed E-state index contributed by atoms with van der Waals surface area (Å²) in [5.41, 5.74) is -0.143. The van der Waals surface area contributed by atoms with Crippen LogP contribution in [0.15, 0.2) is 23.1 Å². The number of rotatable bonds is 5. The Morgan fingerprint density at radius 2 is 2.17 bits per heavy atom. The van der Waals surface area contributed by atoms with Crippen LogP contribution in [-0.2, 0) is 19.6 Å². The summed E-state index contributed by atoms with van der Waals surface area (Å²) in [6.45, 7) is 3.64. The van der Waals surface area contributed by atoms with Crippen molar-refractivity contribution in [2.24, 2.45) is 5.92 Å². The van der Waals surface area contributed by atoms with E-state index in [1.54, 1.807) is 6.92 Å². The number of hydrogen-bond donors (Lipinski definition) is 0. The molecule has 1 saturated heterocycles. The van der Waals surface area contributed by atoms with Gasteiger partial charge in [0.15, 0.2) is 4.90 Å². The molecule has 1 fully saturated rings. The van der Waals surface area contributed by atoms with E-state index in [1.807, 2.05) is 0 Å². The number of nitro benzene ring substituents is 1. The van der Waals surface area contributed by atoms with Gasteiger partial charge < -0.3 is 4.74 Å². The van der Waals surface area contributed by atoms with Gasteiger partial charge in [-0.1, -0.05) is 12.1 Å². The van der Waals surface area contributed by atoms with Gasteiger partial charge in [0.25, 0.3) is 5.69 Å². The number of esters is 1. The molecule has 0 radical (unpaired) electrons. The van der Waals surface area contributed by atoms with Gasteiger partial charge >= 0.3 is 5.97 Å². The molecule has 1 aromatic rings. The highest BCUT2D eigenvalue weighted by atomic mass is 32.2. The average Bonchev–Trinajstić information content (AvgIpc) is 2.54. The Bertz CT molecular complexity index is 746. The standard InChI is InChI=1S/C15H20N2O6S/c1-3-23-15(18)12-7-5-9-16(10-12)24(21,22)14-11(2)6-4-8-13(14)17(19)20/h4,6,8,12H,3,5,7,9-10H2,1-2H3. The van der Waals surface area contributed by atoms with Crippen molar-refractivity contribution in [3.8, 4) is 0 Å². The van der Waals surface area contributed by atoms with Crippen molar-refractivity contribution in [2.75, 3.05) is 19.7 Å². The van der Waals surface area contributed by atoms with Gasteiger partial charge in [0.2, 0.25) is 10.0 Å². The Hall–Kier alpha value is -2.00. The van der Waals surface area contributed by atoms with Gasteiger partial charge in [-0.15, -0.1) is 0 Å².